The lowest BCUT2D eigenvalue weighted by atomic mass is 10.1. The Kier molecular flexibility index (Phi) is 4.01. The number of pyridine rings is 1. The number of nitrogens with zero attached hydrogens (tertiary/aromatic N) is 4. The van der Waals surface area contributed by atoms with Gasteiger partial charge in [0.05, 0.1) is 30.6 Å². The van der Waals surface area contributed by atoms with E-state index in [4.69, 9.17) is 9.47 Å². The summed E-state index contributed by atoms with van der Waals surface area (Å²) in [6.45, 7) is 3.59. The number of hydrogen-bond acceptors (Lipinski definition) is 5. The molecular formula is C20H19FN4O3. The van der Waals surface area contributed by atoms with Crippen LogP contribution < -0.4 is 4.74 Å². The van der Waals surface area contributed by atoms with Crippen molar-refractivity contribution in [3.63, 3.8) is 0 Å². The van der Waals surface area contributed by atoms with Crippen LogP contribution in [0.25, 0.3) is 16.7 Å². The van der Waals surface area contributed by atoms with Gasteiger partial charge in [-0.15, -0.1) is 0 Å². The third-order valence-electron chi connectivity index (χ3n) is 5.20. The van der Waals surface area contributed by atoms with Gasteiger partial charge < -0.3 is 14.4 Å². The maximum Gasteiger partial charge on any atom is 0.416 e. The first-order chi connectivity index (χ1) is 13.6. The lowest BCUT2D eigenvalue weighted by Gasteiger charge is -2.29. The van der Waals surface area contributed by atoms with Crippen molar-refractivity contribution in [3.05, 3.63) is 47.4 Å². The Hall–Kier alpha value is -3.00. The normalized spacial score (nSPS) is 19.1. The van der Waals surface area contributed by atoms with Crippen LogP contribution in [0.4, 0.5) is 9.18 Å². The van der Waals surface area contributed by atoms with Gasteiger partial charge in [0.15, 0.2) is 5.65 Å². The fraction of sp³-hybridized carbons (Fsp3) is 0.350. The van der Waals surface area contributed by atoms with E-state index in [1.807, 2.05) is 13.0 Å². The molecule has 0 bridgehead atoms. The molecule has 28 heavy (non-hydrogen) atoms. The molecule has 144 valence electrons. The fourth-order valence-corrected chi connectivity index (χ4v) is 3.76. The minimum atomic E-state index is -0.417. The standard InChI is InChI=1S/C20H19FN4O3/c1-12-17-9-13-10-24(11-16-3-2-8-27-16)20(26)28-19(13)22-18(17)25(23-12)15-6-4-14(21)5-7-15/h4-7,9,16H,2-3,8,10-11H2,1H3/t16-/m1/s1. The third-order valence-corrected chi connectivity index (χ3v) is 5.20. The number of fused-ring (bicyclic) bond motifs is 2. The maximum atomic E-state index is 13.3. The summed E-state index contributed by atoms with van der Waals surface area (Å²) in [5, 5.41) is 5.41. The van der Waals surface area contributed by atoms with Crippen LogP contribution in [0.5, 0.6) is 5.88 Å². The van der Waals surface area contributed by atoms with Crippen LogP contribution in [0.1, 0.15) is 24.1 Å². The molecule has 1 atom stereocenters. The van der Waals surface area contributed by atoms with Crippen molar-refractivity contribution in [1.82, 2.24) is 19.7 Å². The van der Waals surface area contributed by atoms with E-state index in [0.717, 1.165) is 36.1 Å². The van der Waals surface area contributed by atoms with E-state index in [2.05, 4.69) is 10.1 Å². The first-order valence-electron chi connectivity index (χ1n) is 9.32. The molecule has 1 aromatic carbocycles. The molecule has 0 unspecified atom stereocenters. The van der Waals surface area contributed by atoms with Crippen molar-refractivity contribution < 1.29 is 18.7 Å². The van der Waals surface area contributed by atoms with Crippen LogP contribution >= 0.6 is 0 Å². The number of ether oxygens (including phenoxy) is 2. The van der Waals surface area contributed by atoms with E-state index in [-0.39, 0.29) is 11.9 Å². The van der Waals surface area contributed by atoms with E-state index in [9.17, 15) is 9.18 Å². The lowest BCUT2D eigenvalue weighted by molar-refractivity contribution is 0.0641. The van der Waals surface area contributed by atoms with Crippen molar-refractivity contribution in [2.75, 3.05) is 13.2 Å². The van der Waals surface area contributed by atoms with Crippen LogP contribution in [-0.2, 0) is 11.3 Å². The Bertz CT molecular complexity index is 1060. The highest BCUT2D eigenvalue weighted by Crippen LogP contribution is 2.31. The molecule has 0 aliphatic carbocycles. The predicted molar refractivity (Wildman–Crippen MR) is 99.0 cm³/mol. The highest BCUT2D eigenvalue weighted by atomic mass is 19.1. The predicted octanol–water partition coefficient (Wildman–Crippen LogP) is 3.36. The minimum Gasteiger partial charge on any atom is -0.391 e. The maximum absolute atomic E-state index is 13.3. The van der Waals surface area contributed by atoms with E-state index < -0.39 is 6.09 Å². The molecule has 2 aromatic heterocycles. The summed E-state index contributed by atoms with van der Waals surface area (Å²) in [6, 6.07) is 7.99. The number of aromatic nitrogens is 3. The number of halogens is 1. The van der Waals surface area contributed by atoms with Crippen LogP contribution in [-0.4, -0.2) is 45.0 Å². The number of hydrogen-bond donors (Lipinski definition) is 0. The molecular weight excluding hydrogens is 363 g/mol. The molecule has 0 saturated carbocycles. The van der Waals surface area contributed by atoms with E-state index in [0.29, 0.717) is 30.3 Å². The first-order valence-corrected chi connectivity index (χ1v) is 9.32. The zero-order valence-corrected chi connectivity index (χ0v) is 15.4. The summed E-state index contributed by atoms with van der Waals surface area (Å²) < 4.78 is 26.0. The second-order valence-corrected chi connectivity index (χ2v) is 7.18. The Labute approximate surface area is 160 Å². The zero-order valence-electron chi connectivity index (χ0n) is 15.4. The number of carbonyl (C=O) groups excluding carboxylic acids is 1. The minimum absolute atomic E-state index is 0.0637. The monoisotopic (exact) mass is 382 g/mol. The molecule has 7 nitrogen and oxygen atoms in total. The topological polar surface area (TPSA) is 69.5 Å². The van der Waals surface area contributed by atoms with E-state index in [1.165, 1.54) is 12.1 Å². The molecule has 0 N–H and O–H groups in total. The average Bonchev–Trinajstić information content (AvgIpc) is 3.30. The number of aryl methyl sites for hydroxylation is 1. The van der Waals surface area contributed by atoms with Gasteiger partial charge in [0.25, 0.3) is 0 Å². The highest BCUT2D eigenvalue weighted by molar-refractivity contribution is 5.83. The van der Waals surface area contributed by atoms with Gasteiger partial charge in [-0.2, -0.15) is 10.1 Å². The molecule has 2 aliphatic rings. The summed E-state index contributed by atoms with van der Waals surface area (Å²) in [7, 11) is 0. The van der Waals surface area contributed by atoms with E-state index >= 15 is 0 Å². The van der Waals surface area contributed by atoms with Gasteiger partial charge >= 0.3 is 6.09 Å². The number of carbonyl (C=O) groups is 1. The van der Waals surface area contributed by atoms with Gasteiger partial charge in [-0.05, 0) is 50.1 Å². The molecule has 3 aromatic rings. The van der Waals surface area contributed by atoms with Crippen molar-refractivity contribution in [2.24, 2.45) is 0 Å². The summed E-state index contributed by atoms with van der Waals surface area (Å²) in [5.74, 6) is -0.0214. The largest absolute Gasteiger partial charge is 0.416 e. The third kappa shape index (κ3) is 2.90. The van der Waals surface area contributed by atoms with Gasteiger partial charge in [0.1, 0.15) is 5.82 Å². The van der Waals surface area contributed by atoms with Crippen LogP contribution in [0.15, 0.2) is 30.3 Å². The van der Waals surface area contributed by atoms with Gasteiger partial charge in [-0.3, -0.25) is 0 Å². The molecule has 0 radical (unpaired) electrons. The Balaban J connectivity index is 1.52. The number of benzene rings is 1. The zero-order chi connectivity index (χ0) is 19.3. The highest BCUT2D eigenvalue weighted by Gasteiger charge is 2.30. The van der Waals surface area contributed by atoms with Crippen LogP contribution in [0, 0.1) is 12.7 Å². The molecule has 0 spiro atoms. The Morgan fingerprint density at radius 1 is 1.29 bits per heavy atom. The van der Waals surface area contributed by atoms with Crippen LogP contribution in [0.2, 0.25) is 0 Å². The van der Waals surface area contributed by atoms with Crippen LogP contribution in [0.3, 0.4) is 0 Å². The van der Waals surface area contributed by atoms with Crippen molar-refractivity contribution in [1.29, 1.82) is 0 Å². The molecule has 4 heterocycles. The van der Waals surface area contributed by atoms with Gasteiger partial charge in [0, 0.05) is 17.6 Å². The molecule has 1 fully saturated rings. The van der Waals surface area contributed by atoms with Gasteiger partial charge in [-0.1, -0.05) is 0 Å². The van der Waals surface area contributed by atoms with Crippen molar-refractivity contribution in [3.8, 4) is 11.6 Å². The van der Waals surface area contributed by atoms with Crippen molar-refractivity contribution in [2.45, 2.75) is 32.4 Å². The SMILES string of the molecule is Cc1nn(-c2ccc(F)cc2)c2nc3c(cc12)CN(C[C@H]1CCCO1)C(=O)O3. The Morgan fingerprint density at radius 2 is 2.11 bits per heavy atom. The number of rotatable bonds is 3. The average molecular weight is 382 g/mol. The van der Waals surface area contributed by atoms with E-state index in [1.54, 1.807) is 21.7 Å². The molecule has 5 rings (SSSR count). The van der Waals surface area contributed by atoms with Gasteiger partial charge in [0.2, 0.25) is 5.88 Å². The Morgan fingerprint density at radius 3 is 2.86 bits per heavy atom. The smallest absolute Gasteiger partial charge is 0.391 e. The molecule has 1 amide bonds. The summed E-state index contributed by atoms with van der Waals surface area (Å²) in [5.41, 5.74) is 2.90. The quantitative estimate of drug-likeness (QED) is 0.695. The molecule has 8 heteroatoms. The summed E-state index contributed by atoms with van der Waals surface area (Å²) >= 11 is 0. The second kappa shape index (κ2) is 6.56. The summed E-state index contributed by atoms with van der Waals surface area (Å²) in [4.78, 5) is 18.6. The molecule has 2 aliphatic heterocycles. The second-order valence-electron chi connectivity index (χ2n) is 7.18. The lowest BCUT2D eigenvalue weighted by Crippen LogP contribution is -2.41. The summed E-state index contributed by atoms with van der Waals surface area (Å²) in [6.07, 6.45) is 1.62. The van der Waals surface area contributed by atoms with Crippen molar-refractivity contribution >= 4 is 17.1 Å². The fourth-order valence-electron chi connectivity index (χ4n) is 3.76. The van der Waals surface area contributed by atoms with Gasteiger partial charge in [-0.25, -0.2) is 13.9 Å². The number of amides is 1. The first kappa shape index (κ1) is 17.1. The molecule has 1 saturated heterocycles.